The predicted octanol–water partition coefficient (Wildman–Crippen LogP) is 5.37. The highest BCUT2D eigenvalue weighted by Crippen LogP contribution is 2.22. The highest BCUT2D eigenvalue weighted by Gasteiger charge is 2.02. The standard InChI is InChI=1S/C23H25NO2/c1-18-7-6-8-19(2)23(18)25-16-15-24-21-11-13-22(14-12-21)26-17-20-9-4-3-5-10-20/h3-14,24H,15-17H2,1-2H3. The Kier molecular flexibility index (Phi) is 6.15. The number of para-hydroxylation sites is 1. The third-order valence-electron chi connectivity index (χ3n) is 4.19. The van der Waals surface area contributed by atoms with Crippen LogP contribution in [0.1, 0.15) is 16.7 Å². The van der Waals surface area contributed by atoms with Crippen LogP contribution in [0.3, 0.4) is 0 Å². The summed E-state index contributed by atoms with van der Waals surface area (Å²) in [6, 6.07) is 24.4. The molecule has 0 aliphatic rings. The molecule has 0 unspecified atom stereocenters. The molecule has 3 rings (SSSR count). The fraction of sp³-hybridized carbons (Fsp3) is 0.217. The van der Waals surface area contributed by atoms with Crippen LogP contribution in [0.15, 0.2) is 72.8 Å². The zero-order valence-corrected chi connectivity index (χ0v) is 15.4. The van der Waals surface area contributed by atoms with Gasteiger partial charge in [-0.2, -0.15) is 0 Å². The van der Waals surface area contributed by atoms with Crippen molar-refractivity contribution in [3.63, 3.8) is 0 Å². The number of hydrogen-bond donors (Lipinski definition) is 1. The lowest BCUT2D eigenvalue weighted by Gasteiger charge is -2.13. The fourth-order valence-corrected chi connectivity index (χ4v) is 2.79. The maximum atomic E-state index is 5.91. The summed E-state index contributed by atoms with van der Waals surface area (Å²) in [6.45, 7) is 6.10. The van der Waals surface area contributed by atoms with Crippen molar-refractivity contribution in [2.75, 3.05) is 18.5 Å². The van der Waals surface area contributed by atoms with Crippen LogP contribution in [0.5, 0.6) is 11.5 Å². The molecular formula is C23H25NO2. The molecule has 3 heteroatoms. The number of hydrogen-bond acceptors (Lipinski definition) is 3. The lowest BCUT2D eigenvalue weighted by Crippen LogP contribution is -2.12. The maximum Gasteiger partial charge on any atom is 0.125 e. The molecule has 0 amide bonds. The van der Waals surface area contributed by atoms with Gasteiger partial charge in [0.2, 0.25) is 0 Å². The third-order valence-corrected chi connectivity index (χ3v) is 4.19. The highest BCUT2D eigenvalue weighted by atomic mass is 16.5. The van der Waals surface area contributed by atoms with E-state index in [2.05, 4.69) is 49.5 Å². The molecule has 0 aliphatic carbocycles. The summed E-state index contributed by atoms with van der Waals surface area (Å²) >= 11 is 0. The monoisotopic (exact) mass is 347 g/mol. The van der Waals surface area contributed by atoms with Gasteiger partial charge in [-0.1, -0.05) is 48.5 Å². The molecule has 1 N–H and O–H groups in total. The second-order valence-corrected chi connectivity index (χ2v) is 6.29. The summed E-state index contributed by atoms with van der Waals surface area (Å²) in [6.07, 6.45) is 0. The molecule has 0 atom stereocenters. The van der Waals surface area contributed by atoms with Gasteiger partial charge in [-0.3, -0.25) is 0 Å². The zero-order chi connectivity index (χ0) is 18.2. The number of ether oxygens (including phenoxy) is 2. The molecule has 3 aromatic rings. The molecule has 0 saturated carbocycles. The molecule has 134 valence electrons. The van der Waals surface area contributed by atoms with Crippen LogP contribution in [0.25, 0.3) is 0 Å². The minimum atomic E-state index is 0.581. The molecule has 0 fully saturated rings. The van der Waals surface area contributed by atoms with Gasteiger partial charge in [0.1, 0.15) is 24.7 Å². The Hall–Kier alpha value is -2.94. The summed E-state index contributed by atoms with van der Waals surface area (Å²) in [5.41, 5.74) is 4.57. The smallest absolute Gasteiger partial charge is 0.125 e. The van der Waals surface area contributed by atoms with Gasteiger partial charge in [0.15, 0.2) is 0 Å². The molecule has 0 aliphatic heterocycles. The average molecular weight is 347 g/mol. The van der Waals surface area contributed by atoms with E-state index in [1.807, 2.05) is 42.5 Å². The van der Waals surface area contributed by atoms with Crippen LogP contribution >= 0.6 is 0 Å². The van der Waals surface area contributed by atoms with Crippen LogP contribution in [-0.2, 0) is 6.61 Å². The van der Waals surface area contributed by atoms with Gasteiger partial charge in [0.25, 0.3) is 0 Å². The van der Waals surface area contributed by atoms with Gasteiger partial charge in [-0.05, 0) is 54.8 Å². The van der Waals surface area contributed by atoms with E-state index in [0.717, 1.165) is 23.7 Å². The molecule has 0 radical (unpaired) electrons. The van der Waals surface area contributed by atoms with Crippen LogP contribution < -0.4 is 14.8 Å². The Morgan fingerprint density at radius 2 is 1.42 bits per heavy atom. The maximum absolute atomic E-state index is 5.91. The lowest BCUT2D eigenvalue weighted by atomic mass is 10.1. The first-order chi connectivity index (χ1) is 12.7. The molecule has 3 nitrogen and oxygen atoms in total. The van der Waals surface area contributed by atoms with Gasteiger partial charge < -0.3 is 14.8 Å². The molecule has 0 aromatic heterocycles. The van der Waals surface area contributed by atoms with Crippen molar-refractivity contribution in [2.24, 2.45) is 0 Å². The van der Waals surface area contributed by atoms with Gasteiger partial charge in [-0.25, -0.2) is 0 Å². The summed E-state index contributed by atoms with van der Waals surface area (Å²) in [5.74, 6) is 1.85. The summed E-state index contributed by atoms with van der Waals surface area (Å²) in [7, 11) is 0. The number of rotatable bonds is 8. The average Bonchev–Trinajstić information content (AvgIpc) is 2.67. The van der Waals surface area contributed by atoms with Crippen LogP contribution in [0.4, 0.5) is 5.69 Å². The van der Waals surface area contributed by atoms with E-state index in [-0.39, 0.29) is 0 Å². The number of aryl methyl sites for hydroxylation is 2. The second kappa shape index (κ2) is 8.95. The number of benzene rings is 3. The quantitative estimate of drug-likeness (QED) is 0.555. The predicted molar refractivity (Wildman–Crippen MR) is 107 cm³/mol. The Balaban J connectivity index is 1.43. The number of nitrogens with one attached hydrogen (secondary N) is 1. The Morgan fingerprint density at radius 1 is 0.731 bits per heavy atom. The first-order valence-corrected chi connectivity index (χ1v) is 8.92. The van der Waals surface area contributed by atoms with E-state index in [0.29, 0.717) is 13.2 Å². The van der Waals surface area contributed by atoms with Crippen molar-refractivity contribution in [1.82, 2.24) is 0 Å². The zero-order valence-electron chi connectivity index (χ0n) is 15.4. The van der Waals surface area contributed by atoms with E-state index >= 15 is 0 Å². The second-order valence-electron chi connectivity index (χ2n) is 6.29. The molecular weight excluding hydrogens is 322 g/mol. The van der Waals surface area contributed by atoms with Gasteiger partial charge in [0, 0.05) is 12.2 Å². The van der Waals surface area contributed by atoms with E-state index in [1.165, 1.54) is 16.7 Å². The van der Waals surface area contributed by atoms with E-state index in [1.54, 1.807) is 0 Å². The van der Waals surface area contributed by atoms with E-state index < -0.39 is 0 Å². The largest absolute Gasteiger partial charge is 0.491 e. The summed E-state index contributed by atoms with van der Waals surface area (Å²) < 4.78 is 11.7. The lowest BCUT2D eigenvalue weighted by molar-refractivity contribution is 0.306. The van der Waals surface area contributed by atoms with Gasteiger partial charge in [-0.15, -0.1) is 0 Å². The highest BCUT2D eigenvalue weighted by molar-refractivity contribution is 5.46. The molecule has 3 aromatic carbocycles. The van der Waals surface area contributed by atoms with Crippen LogP contribution in [-0.4, -0.2) is 13.2 Å². The molecule has 0 bridgehead atoms. The molecule has 0 spiro atoms. The first-order valence-electron chi connectivity index (χ1n) is 8.92. The number of anilines is 1. The van der Waals surface area contributed by atoms with Gasteiger partial charge in [0.05, 0.1) is 0 Å². The van der Waals surface area contributed by atoms with Crippen molar-refractivity contribution in [3.8, 4) is 11.5 Å². The SMILES string of the molecule is Cc1cccc(C)c1OCCNc1ccc(OCc2ccccc2)cc1. The van der Waals surface area contributed by atoms with Gasteiger partial charge >= 0.3 is 0 Å². The Morgan fingerprint density at radius 3 is 2.12 bits per heavy atom. The van der Waals surface area contributed by atoms with Crippen molar-refractivity contribution >= 4 is 5.69 Å². The normalized spacial score (nSPS) is 10.4. The molecule has 0 saturated heterocycles. The van der Waals surface area contributed by atoms with Crippen LogP contribution in [0, 0.1) is 13.8 Å². The van der Waals surface area contributed by atoms with Crippen molar-refractivity contribution in [3.05, 3.63) is 89.5 Å². The third kappa shape index (κ3) is 5.03. The molecule has 0 heterocycles. The van der Waals surface area contributed by atoms with Crippen molar-refractivity contribution in [1.29, 1.82) is 0 Å². The van der Waals surface area contributed by atoms with Crippen molar-refractivity contribution in [2.45, 2.75) is 20.5 Å². The minimum absolute atomic E-state index is 0.581. The molecule has 26 heavy (non-hydrogen) atoms. The van der Waals surface area contributed by atoms with E-state index in [4.69, 9.17) is 9.47 Å². The van der Waals surface area contributed by atoms with Crippen LogP contribution in [0.2, 0.25) is 0 Å². The van der Waals surface area contributed by atoms with E-state index in [9.17, 15) is 0 Å². The topological polar surface area (TPSA) is 30.5 Å². The van der Waals surface area contributed by atoms with Crippen molar-refractivity contribution < 1.29 is 9.47 Å². The summed E-state index contributed by atoms with van der Waals surface area (Å²) in [4.78, 5) is 0. The Bertz CT molecular complexity index is 793. The summed E-state index contributed by atoms with van der Waals surface area (Å²) in [5, 5.41) is 3.37. The minimum Gasteiger partial charge on any atom is -0.491 e. The fourth-order valence-electron chi connectivity index (χ4n) is 2.79. The first kappa shape index (κ1) is 17.9. The Labute approximate surface area is 155 Å².